The number of aryl methyl sites for hydroxylation is 2. The molecule has 0 saturated carbocycles. The third-order valence-electron chi connectivity index (χ3n) is 4.90. The molecule has 2 aromatic rings. The van der Waals surface area contributed by atoms with E-state index in [-0.39, 0.29) is 6.04 Å². The number of hydrogen-bond acceptors (Lipinski definition) is 3. The van der Waals surface area contributed by atoms with Crippen molar-refractivity contribution >= 4 is 5.96 Å². The Kier molecular flexibility index (Phi) is 6.34. The lowest BCUT2D eigenvalue weighted by Gasteiger charge is -2.26. The Morgan fingerprint density at radius 1 is 1.15 bits per heavy atom. The summed E-state index contributed by atoms with van der Waals surface area (Å²) in [5.74, 6) is 2.82. The number of guanidine groups is 1. The molecule has 1 aromatic carbocycles. The van der Waals surface area contributed by atoms with Gasteiger partial charge in [0.25, 0.3) is 0 Å². The first-order valence-corrected chi connectivity index (χ1v) is 9.46. The van der Waals surface area contributed by atoms with E-state index in [1.807, 2.05) is 20.0 Å². The largest absolute Gasteiger partial charge is 0.465 e. The number of hydrogen-bond donors (Lipinski definition) is 2. The van der Waals surface area contributed by atoms with Crippen LogP contribution in [0.15, 0.2) is 45.8 Å². The zero-order valence-electron chi connectivity index (χ0n) is 16.1. The zero-order valence-corrected chi connectivity index (χ0v) is 16.1. The van der Waals surface area contributed by atoms with E-state index >= 15 is 0 Å². The van der Waals surface area contributed by atoms with E-state index in [4.69, 9.17) is 4.42 Å². The van der Waals surface area contributed by atoms with Gasteiger partial charge < -0.3 is 15.1 Å². The Labute approximate surface area is 156 Å². The van der Waals surface area contributed by atoms with Crippen molar-refractivity contribution in [2.45, 2.75) is 39.3 Å². The Morgan fingerprint density at radius 2 is 1.96 bits per heavy atom. The van der Waals surface area contributed by atoms with Gasteiger partial charge in [-0.25, -0.2) is 0 Å². The number of benzene rings is 1. The molecule has 0 amide bonds. The summed E-state index contributed by atoms with van der Waals surface area (Å²) in [7, 11) is 1.81. The highest BCUT2D eigenvalue weighted by atomic mass is 16.3. The zero-order chi connectivity index (χ0) is 18.4. The van der Waals surface area contributed by atoms with Crippen LogP contribution in [0.2, 0.25) is 0 Å². The van der Waals surface area contributed by atoms with E-state index in [0.717, 1.165) is 43.7 Å². The van der Waals surface area contributed by atoms with Gasteiger partial charge in [-0.05, 0) is 57.5 Å². The number of nitrogens with zero attached hydrogens (tertiary/aromatic N) is 2. The molecule has 5 nitrogen and oxygen atoms in total. The van der Waals surface area contributed by atoms with Crippen molar-refractivity contribution in [3.63, 3.8) is 0 Å². The minimum atomic E-state index is 0.240. The lowest BCUT2D eigenvalue weighted by molar-refractivity contribution is 0.213. The molecule has 1 fully saturated rings. The van der Waals surface area contributed by atoms with E-state index in [1.165, 1.54) is 24.0 Å². The van der Waals surface area contributed by atoms with Crippen molar-refractivity contribution in [2.24, 2.45) is 4.99 Å². The molecule has 140 valence electrons. The van der Waals surface area contributed by atoms with Crippen molar-refractivity contribution in [3.8, 4) is 0 Å². The summed E-state index contributed by atoms with van der Waals surface area (Å²) in [6.45, 7) is 7.90. The minimum Gasteiger partial charge on any atom is -0.465 e. The van der Waals surface area contributed by atoms with Crippen LogP contribution in [0.4, 0.5) is 0 Å². The number of rotatable bonds is 6. The Bertz CT molecular complexity index is 731. The molecule has 1 aliphatic heterocycles. The highest BCUT2D eigenvalue weighted by Crippen LogP contribution is 2.26. The molecule has 0 spiro atoms. The van der Waals surface area contributed by atoms with Gasteiger partial charge in [-0.3, -0.25) is 9.89 Å². The fourth-order valence-electron chi connectivity index (χ4n) is 3.52. The van der Waals surface area contributed by atoms with Gasteiger partial charge in [0.2, 0.25) is 0 Å². The molecule has 26 heavy (non-hydrogen) atoms. The number of likely N-dealkylation sites (tertiary alicyclic amines) is 1. The molecule has 2 heterocycles. The first-order chi connectivity index (χ1) is 12.7. The van der Waals surface area contributed by atoms with Crippen LogP contribution in [0.3, 0.4) is 0 Å². The van der Waals surface area contributed by atoms with Crippen LogP contribution in [0.1, 0.15) is 41.5 Å². The third-order valence-corrected chi connectivity index (χ3v) is 4.90. The molecule has 1 aromatic heterocycles. The van der Waals surface area contributed by atoms with Crippen LogP contribution in [-0.4, -0.2) is 37.5 Å². The maximum atomic E-state index is 5.92. The number of nitrogens with one attached hydrogen (secondary N) is 2. The van der Waals surface area contributed by atoms with Crippen molar-refractivity contribution < 1.29 is 4.42 Å². The summed E-state index contributed by atoms with van der Waals surface area (Å²) < 4.78 is 5.92. The summed E-state index contributed by atoms with van der Waals surface area (Å²) in [4.78, 5) is 6.87. The topological polar surface area (TPSA) is 52.8 Å². The third kappa shape index (κ3) is 4.88. The maximum Gasteiger partial charge on any atom is 0.191 e. The van der Waals surface area contributed by atoms with E-state index in [0.29, 0.717) is 0 Å². The van der Waals surface area contributed by atoms with Crippen LogP contribution in [-0.2, 0) is 6.54 Å². The summed E-state index contributed by atoms with van der Waals surface area (Å²) in [5, 5.41) is 6.88. The van der Waals surface area contributed by atoms with Crippen molar-refractivity contribution in [1.82, 2.24) is 15.5 Å². The lowest BCUT2D eigenvalue weighted by Crippen LogP contribution is -2.42. The van der Waals surface area contributed by atoms with Crippen LogP contribution in [0, 0.1) is 13.8 Å². The van der Waals surface area contributed by atoms with Gasteiger partial charge in [0, 0.05) is 20.1 Å². The summed E-state index contributed by atoms with van der Waals surface area (Å²) in [5.41, 5.74) is 2.53. The summed E-state index contributed by atoms with van der Waals surface area (Å²) in [6, 6.07) is 12.9. The maximum absolute atomic E-state index is 5.92. The van der Waals surface area contributed by atoms with Crippen LogP contribution < -0.4 is 10.6 Å². The first kappa shape index (κ1) is 18.5. The molecule has 0 radical (unpaired) electrons. The van der Waals surface area contributed by atoms with Gasteiger partial charge in [-0.2, -0.15) is 0 Å². The quantitative estimate of drug-likeness (QED) is 0.617. The molecule has 1 unspecified atom stereocenters. The van der Waals surface area contributed by atoms with Gasteiger partial charge in [0.05, 0.1) is 6.04 Å². The van der Waals surface area contributed by atoms with E-state index in [9.17, 15) is 0 Å². The van der Waals surface area contributed by atoms with Gasteiger partial charge in [0.15, 0.2) is 5.96 Å². The Morgan fingerprint density at radius 3 is 2.62 bits per heavy atom. The molecule has 3 rings (SSSR count). The average Bonchev–Trinajstić information content (AvgIpc) is 3.30. The fraction of sp³-hybridized carbons (Fsp3) is 0.476. The number of aliphatic imine (C=N–C) groups is 1. The van der Waals surface area contributed by atoms with E-state index in [2.05, 4.69) is 57.8 Å². The molecular weight excluding hydrogens is 324 g/mol. The lowest BCUT2D eigenvalue weighted by atomic mass is 10.1. The van der Waals surface area contributed by atoms with E-state index < -0.39 is 0 Å². The van der Waals surface area contributed by atoms with Crippen molar-refractivity contribution in [3.05, 3.63) is 59.0 Å². The summed E-state index contributed by atoms with van der Waals surface area (Å²) in [6.07, 6.45) is 2.52. The van der Waals surface area contributed by atoms with Crippen LogP contribution in [0.25, 0.3) is 0 Å². The first-order valence-electron chi connectivity index (χ1n) is 9.46. The monoisotopic (exact) mass is 354 g/mol. The van der Waals surface area contributed by atoms with Gasteiger partial charge in [-0.1, -0.05) is 29.8 Å². The predicted octanol–water partition coefficient (Wildman–Crippen LogP) is 3.40. The van der Waals surface area contributed by atoms with Gasteiger partial charge >= 0.3 is 0 Å². The van der Waals surface area contributed by atoms with Gasteiger partial charge in [-0.15, -0.1) is 0 Å². The molecule has 1 saturated heterocycles. The number of furan rings is 1. The van der Waals surface area contributed by atoms with E-state index in [1.54, 1.807) is 0 Å². The minimum absolute atomic E-state index is 0.240. The molecular formula is C21H30N4O. The molecule has 0 aliphatic carbocycles. The second-order valence-electron chi connectivity index (χ2n) is 7.00. The normalized spacial score (nSPS) is 16.7. The second kappa shape index (κ2) is 8.90. The van der Waals surface area contributed by atoms with Gasteiger partial charge in [0.1, 0.15) is 11.5 Å². The predicted molar refractivity (Wildman–Crippen MR) is 106 cm³/mol. The van der Waals surface area contributed by atoms with Crippen molar-refractivity contribution in [1.29, 1.82) is 0 Å². The summed E-state index contributed by atoms with van der Waals surface area (Å²) >= 11 is 0. The van der Waals surface area contributed by atoms with Crippen LogP contribution in [0.5, 0.6) is 0 Å². The van der Waals surface area contributed by atoms with Crippen LogP contribution >= 0.6 is 0 Å². The Hall–Kier alpha value is -2.27. The molecule has 5 heteroatoms. The highest BCUT2D eigenvalue weighted by Gasteiger charge is 2.26. The molecule has 1 aliphatic rings. The van der Waals surface area contributed by atoms with Crippen molar-refractivity contribution in [2.75, 3.05) is 26.7 Å². The standard InChI is InChI=1S/C21H30N4O/c1-16-7-6-8-18(13-16)14-23-21(22-3)24-15-19(25-11-4-5-12-25)20-10-9-17(2)26-20/h6-10,13,19H,4-5,11-12,14-15H2,1-3H3,(H2,22,23,24). The SMILES string of the molecule is CN=C(NCc1cccc(C)c1)NCC(c1ccc(C)o1)N1CCCC1. The molecule has 0 bridgehead atoms. The Balaban J connectivity index is 1.59. The average molecular weight is 354 g/mol. The smallest absolute Gasteiger partial charge is 0.191 e. The highest BCUT2D eigenvalue weighted by molar-refractivity contribution is 5.79. The second-order valence-corrected chi connectivity index (χ2v) is 7.00. The molecule has 1 atom stereocenters. The fourth-order valence-corrected chi connectivity index (χ4v) is 3.52. The molecule has 2 N–H and O–H groups in total.